The zero-order valence-electron chi connectivity index (χ0n) is 10.9. The van der Waals surface area contributed by atoms with Crippen LogP contribution in [-0.2, 0) is 4.74 Å². The summed E-state index contributed by atoms with van der Waals surface area (Å²) in [5.41, 5.74) is 6.40. The van der Waals surface area contributed by atoms with Gasteiger partial charge in [-0.3, -0.25) is 0 Å². The van der Waals surface area contributed by atoms with Crippen LogP contribution in [0.4, 0.5) is 0 Å². The van der Waals surface area contributed by atoms with Gasteiger partial charge in [-0.05, 0) is 18.6 Å². The molecular formula is C14H21NO2S. The molecule has 0 atom stereocenters. The van der Waals surface area contributed by atoms with E-state index in [1.807, 2.05) is 24.3 Å². The van der Waals surface area contributed by atoms with E-state index < -0.39 is 0 Å². The van der Waals surface area contributed by atoms with Gasteiger partial charge in [0.25, 0.3) is 0 Å². The van der Waals surface area contributed by atoms with Gasteiger partial charge in [-0.2, -0.15) is 0 Å². The van der Waals surface area contributed by atoms with Crippen LogP contribution in [0.5, 0.6) is 5.75 Å². The van der Waals surface area contributed by atoms with Crippen molar-refractivity contribution < 1.29 is 9.47 Å². The topological polar surface area (TPSA) is 44.5 Å². The highest BCUT2D eigenvalue weighted by Crippen LogP contribution is 2.13. The molecule has 0 amide bonds. The molecule has 0 saturated carbocycles. The molecule has 1 rings (SSSR count). The Kier molecular flexibility index (Phi) is 7.37. The van der Waals surface area contributed by atoms with Crippen molar-refractivity contribution in [1.82, 2.24) is 0 Å². The summed E-state index contributed by atoms with van der Waals surface area (Å²) in [6, 6.07) is 7.53. The summed E-state index contributed by atoms with van der Waals surface area (Å²) in [6.07, 6.45) is 3.18. The predicted octanol–water partition coefficient (Wildman–Crippen LogP) is 2.91. The van der Waals surface area contributed by atoms with Gasteiger partial charge in [-0.25, -0.2) is 0 Å². The zero-order valence-corrected chi connectivity index (χ0v) is 11.7. The molecule has 4 heteroatoms. The van der Waals surface area contributed by atoms with Crippen molar-refractivity contribution in [3.05, 3.63) is 29.8 Å². The number of rotatable bonds is 9. The van der Waals surface area contributed by atoms with Gasteiger partial charge >= 0.3 is 0 Å². The summed E-state index contributed by atoms with van der Waals surface area (Å²) in [5.74, 6) is 0.800. The normalized spacial score (nSPS) is 10.3. The first kappa shape index (κ1) is 14.9. The lowest BCUT2D eigenvalue weighted by atomic mass is 10.2. The minimum Gasteiger partial charge on any atom is -0.493 e. The van der Waals surface area contributed by atoms with E-state index in [0.29, 0.717) is 11.6 Å². The van der Waals surface area contributed by atoms with E-state index >= 15 is 0 Å². The van der Waals surface area contributed by atoms with E-state index in [4.69, 9.17) is 27.4 Å². The molecule has 0 spiro atoms. The third-order valence-electron chi connectivity index (χ3n) is 2.46. The number of ether oxygens (including phenoxy) is 2. The summed E-state index contributed by atoms with van der Waals surface area (Å²) in [5, 5.41) is 0. The molecule has 0 aromatic heterocycles. The average molecular weight is 267 g/mol. The Bertz CT molecular complexity index is 369. The molecule has 0 fully saturated rings. The van der Waals surface area contributed by atoms with Crippen LogP contribution in [0.25, 0.3) is 0 Å². The number of thiocarbonyl (C=S) groups is 1. The van der Waals surface area contributed by atoms with Gasteiger partial charge in [0.05, 0.1) is 6.61 Å². The highest BCUT2D eigenvalue weighted by Gasteiger charge is 1.99. The van der Waals surface area contributed by atoms with Crippen LogP contribution in [0.1, 0.15) is 31.7 Å². The minimum absolute atomic E-state index is 0.392. The molecule has 0 heterocycles. The van der Waals surface area contributed by atoms with E-state index in [2.05, 4.69) is 6.92 Å². The molecule has 0 saturated heterocycles. The smallest absolute Gasteiger partial charge is 0.119 e. The van der Waals surface area contributed by atoms with Crippen LogP contribution in [-0.4, -0.2) is 24.8 Å². The lowest BCUT2D eigenvalue weighted by molar-refractivity contribution is 0.117. The standard InChI is InChI=1S/C14H21NO2S/c1-2-3-8-16-9-5-10-17-13-7-4-6-12(11-13)14(15)18/h4,6-7,11H,2-3,5,8-10H2,1H3,(H2,15,18). The predicted molar refractivity (Wildman–Crippen MR) is 78.2 cm³/mol. The number of unbranched alkanes of at least 4 members (excludes halogenated alkanes) is 1. The van der Waals surface area contributed by atoms with Crippen LogP contribution < -0.4 is 10.5 Å². The van der Waals surface area contributed by atoms with Crippen molar-refractivity contribution in [2.24, 2.45) is 5.73 Å². The maximum atomic E-state index is 5.61. The van der Waals surface area contributed by atoms with Gasteiger partial charge in [0, 0.05) is 25.2 Å². The largest absolute Gasteiger partial charge is 0.493 e. The highest BCUT2D eigenvalue weighted by atomic mass is 32.1. The fraction of sp³-hybridized carbons (Fsp3) is 0.500. The molecule has 1 aromatic rings. The number of hydrogen-bond acceptors (Lipinski definition) is 3. The molecular weight excluding hydrogens is 246 g/mol. The summed E-state index contributed by atoms with van der Waals surface area (Å²) < 4.78 is 11.1. The molecule has 0 bridgehead atoms. The van der Waals surface area contributed by atoms with Crippen molar-refractivity contribution >= 4 is 17.2 Å². The van der Waals surface area contributed by atoms with E-state index in [1.165, 1.54) is 6.42 Å². The fourth-order valence-electron chi connectivity index (χ4n) is 1.44. The van der Waals surface area contributed by atoms with E-state index in [-0.39, 0.29) is 0 Å². The third kappa shape index (κ3) is 5.98. The summed E-state index contributed by atoms with van der Waals surface area (Å²) >= 11 is 4.92. The molecule has 0 aliphatic rings. The van der Waals surface area contributed by atoms with Crippen molar-refractivity contribution in [1.29, 1.82) is 0 Å². The quantitative estimate of drug-likeness (QED) is 0.552. The fourth-order valence-corrected chi connectivity index (χ4v) is 1.57. The Morgan fingerprint density at radius 3 is 2.72 bits per heavy atom. The first-order valence-electron chi connectivity index (χ1n) is 6.34. The first-order valence-corrected chi connectivity index (χ1v) is 6.75. The second kappa shape index (κ2) is 8.89. The van der Waals surface area contributed by atoms with Gasteiger partial charge < -0.3 is 15.2 Å². The Morgan fingerprint density at radius 1 is 1.22 bits per heavy atom. The van der Waals surface area contributed by atoms with Crippen LogP contribution >= 0.6 is 12.2 Å². The average Bonchev–Trinajstić information content (AvgIpc) is 2.38. The van der Waals surface area contributed by atoms with E-state index in [9.17, 15) is 0 Å². The second-order valence-electron chi connectivity index (χ2n) is 4.06. The summed E-state index contributed by atoms with van der Waals surface area (Å²) in [4.78, 5) is 0.392. The molecule has 2 N–H and O–H groups in total. The van der Waals surface area contributed by atoms with Gasteiger partial charge in [0.2, 0.25) is 0 Å². The zero-order chi connectivity index (χ0) is 13.2. The van der Waals surface area contributed by atoms with Crippen molar-refractivity contribution in [2.45, 2.75) is 26.2 Å². The SMILES string of the molecule is CCCCOCCCOc1cccc(C(N)=S)c1. The Morgan fingerprint density at radius 2 is 2.00 bits per heavy atom. The lowest BCUT2D eigenvalue weighted by Crippen LogP contribution is -2.09. The maximum absolute atomic E-state index is 5.61. The Balaban J connectivity index is 2.19. The van der Waals surface area contributed by atoms with Gasteiger partial charge in [0.15, 0.2) is 0 Å². The van der Waals surface area contributed by atoms with Gasteiger partial charge in [-0.1, -0.05) is 37.7 Å². The Labute approximate surface area is 114 Å². The van der Waals surface area contributed by atoms with Gasteiger partial charge in [0.1, 0.15) is 10.7 Å². The molecule has 18 heavy (non-hydrogen) atoms. The monoisotopic (exact) mass is 267 g/mol. The summed E-state index contributed by atoms with van der Waals surface area (Å²) in [6.45, 7) is 4.39. The van der Waals surface area contributed by atoms with Crippen LogP contribution in [0.2, 0.25) is 0 Å². The highest BCUT2D eigenvalue weighted by molar-refractivity contribution is 7.80. The molecule has 100 valence electrons. The van der Waals surface area contributed by atoms with E-state index in [0.717, 1.165) is 37.4 Å². The Hall–Kier alpha value is -1.13. The second-order valence-corrected chi connectivity index (χ2v) is 4.50. The van der Waals surface area contributed by atoms with Crippen molar-refractivity contribution in [3.8, 4) is 5.75 Å². The van der Waals surface area contributed by atoms with Crippen LogP contribution in [0.3, 0.4) is 0 Å². The molecule has 0 aliphatic heterocycles. The number of nitrogens with two attached hydrogens (primary N) is 1. The molecule has 3 nitrogen and oxygen atoms in total. The number of benzene rings is 1. The van der Waals surface area contributed by atoms with Crippen LogP contribution in [0, 0.1) is 0 Å². The van der Waals surface area contributed by atoms with Gasteiger partial charge in [-0.15, -0.1) is 0 Å². The molecule has 0 aliphatic carbocycles. The van der Waals surface area contributed by atoms with Crippen molar-refractivity contribution in [3.63, 3.8) is 0 Å². The molecule has 1 aromatic carbocycles. The maximum Gasteiger partial charge on any atom is 0.119 e. The molecule has 0 unspecified atom stereocenters. The van der Waals surface area contributed by atoms with Crippen LogP contribution in [0.15, 0.2) is 24.3 Å². The summed E-state index contributed by atoms with van der Waals surface area (Å²) in [7, 11) is 0. The van der Waals surface area contributed by atoms with E-state index in [1.54, 1.807) is 0 Å². The minimum atomic E-state index is 0.392. The van der Waals surface area contributed by atoms with Crippen molar-refractivity contribution in [2.75, 3.05) is 19.8 Å². The molecule has 0 radical (unpaired) electrons. The first-order chi connectivity index (χ1) is 8.74. The third-order valence-corrected chi connectivity index (χ3v) is 2.70. The lowest BCUT2D eigenvalue weighted by Gasteiger charge is -2.08. The number of hydrogen-bond donors (Lipinski definition) is 1.